The van der Waals surface area contributed by atoms with Gasteiger partial charge in [0.15, 0.2) is 5.65 Å². The number of nitrogens with two attached hydrogens (primary N) is 1. The molecule has 0 radical (unpaired) electrons. The van der Waals surface area contributed by atoms with E-state index in [0.29, 0.717) is 18.2 Å². The topological polar surface area (TPSA) is 102 Å². The first-order valence-corrected chi connectivity index (χ1v) is 7.00. The van der Waals surface area contributed by atoms with E-state index in [4.69, 9.17) is 15.2 Å². The van der Waals surface area contributed by atoms with Crippen molar-refractivity contribution in [3.63, 3.8) is 0 Å². The quantitative estimate of drug-likeness (QED) is 0.822. The van der Waals surface area contributed by atoms with Gasteiger partial charge in [0, 0.05) is 31.5 Å². The first-order chi connectivity index (χ1) is 10.2. The third kappa shape index (κ3) is 1.86. The molecule has 0 saturated carbocycles. The summed E-state index contributed by atoms with van der Waals surface area (Å²) in [5.74, 6) is 1.56. The van der Waals surface area contributed by atoms with Crippen LogP contribution < -0.4 is 10.6 Å². The molecule has 4 rings (SSSR count). The predicted octanol–water partition coefficient (Wildman–Crippen LogP) is 0.0343. The summed E-state index contributed by atoms with van der Waals surface area (Å²) in [4.78, 5) is 10.8. The van der Waals surface area contributed by atoms with E-state index in [1.807, 2.05) is 0 Å². The highest BCUT2D eigenvalue weighted by Gasteiger charge is 2.51. The largest absolute Gasteiger partial charge is 0.384 e. The Balaban J connectivity index is 1.72. The standard InChI is InChI=1S/C13H18N6O2/c1-20-6-13-5-19(3-8(13)4-21-7-13)11-9-2-15-18-10(9)16-12(14)17-11/h2,8H,3-7H2,1H3,(H3,14,15,16,17,18)/t8-,13-/m0/s1. The molecule has 0 unspecified atom stereocenters. The van der Waals surface area contributed by atoms with Crippen LogP contribution in [0.4, 0.5) is 11.8 Å². The van der Waals surface area contributed by atoms with Crippen LogP contribution in [0.15, 0.2) is 6.20 Å². The molecule has 0 aliphatic carbocycles. The van der Waals surface area contributed by atoms with Gasteiger partial charge < -0.3 is 20.1 Å². The van der Waals surface area contributed by atoms with Gasteiger partial charge in [-0.2, -0.15) is 15.1 Å². The average molecular weight is 290 g/mol. The maximum absolute atomic E-state index is 5.81. The molecule has 2 aliphatic heterocycles. The molecule has 0 amide bonds. The van der Waals surface area contributed by atoms with Crippen LogP contribution in [0, 0.1) is 11.3 Å². The average Bonchev–Trinajstić information content (AvgIpc) is 3.10. The maximum atomic E-state index is 5.81. The second kappa shape index (κ2) is 4.54. The van der Waals surface area contributed by atoms with Crippen molar-refractivity contribution in [3.8, 4) is 0 Å². The van der Waals surface area contributed by atoms with Crippen LogP contribution in [-0.4, -0.2) is 60.2 Å². The van der Waals surface area contributed by atoms with Crippen molar-refractivity contribution < 1.29 is 9.47 Å². The van der Waals surface area contributed by atoms with Crippen LogP contribution in [0.5, 0.6) is 0 Å². The van der Waals surface area contributed by atoms with Crippen molar-refractivity contribution >= 4 is 22.8 Å². The summed E-state index contributed by atoms with van der Waals surface area (Å²) in [7, 11) is 1.74. The van der Waals surface area contributed by atoms with E-state index < -0.39 is 0 Å². The number of aromatic nitrogens is 4. The fourth-order valence-corrected chi connectivity index (χ4v) is 3.56. The minimum Gasteiger partial charge on any atom is -0.384 e. The first-order valence-electron chi connectivity index (χ1n) is 7.00. The molecule has 3 N–H and O–H groups in total. The maximum Gasteiger partial charge on any atom is 0.224 e. The molecule has 0 bridgehead atoms. The zero-order valence-electron chi connectivity index (χ0n) is 11.9. The lowest BCUT2D eigenvalue weighted by Gasteiger charge is -2.26. The summed E-state index contributed by atoms with van der Waals surface area (Å²) < 4.78 is 11.1. The van der Waals surface area contributed by atoms with Gasteiger partial charge in [-0.05, 0) is 0 Å². The van der Waals surface area contributed by atoms with Crippen LogP contribution in [0.3, 0.4) is 0 Å². The predicted molar refractivity (Wildman–Crippen MR) is 76.9 cm³/mol. The monoisotopic (exact) mass is 290 g/mol. The van der Waals surface area contributed by atoms with Gasteiger partial charge in [0.05, 0.1) is 31.4 Å². The molecule has 4 heterocycles. The molecule has 2 aliphatic rings. The van der Waals surface area contributed by atoms with Crippen molar-refractivity contribution in [2.24, 2.45) is 11.3 Å². The highest BCUT2D eigenvalue weighted by Crippen LogP contribution is 2.43. The van der Waals surface area contributed by atoms with Crippen LogP contribution in [0.2, 0.25) is 0 Å². The lowest BCUT2D eigenvalue weighted by Crippen LogP contribution is -2.35. The van der Waals surface area contributed by atoms with E-state index in [1.54, 1.807) is 13.3 Å². The van der Waals surface area contributed by atoms with Crippen molar-refractivity contribution in [2.45, 2.75) is 0 Å². The van der Waals surface area contributed by atoms with E-state index >= 15 is 0 Å². The van der Waals surface area contributed by atoms with Gasteiger partial charge in [-0.1, -0.05) is 0 Å². The molecule has 8 nitrogen and oxygen atoms in total. The number of nitrogens with one attached hydrogen (secondary N) is 1. The van der Waals surface area contributed by atoms with E-state index in [2.05, 4.69) is 25.1 Å². The molecule has 2 fully saturated rings. The lowest BCUT2D eigenvalue weighted by molar-refractivity contribution is 0.0660. The molecule has 2 atom stereocenters. The molecule has 112 valence electrons. The second-order valence-corrected chi connectivity index (χ2v) is 5.93. The van der Waals surface area contributed by atoms with Crippen LogP contribution in [-0.2, 0) is 9.47 Å². The zero-order valence-corrected chi connectivity index (χ0v) is 11.9. The second-order valence-electron chi connectivity index (χ2n) is 5.93. The number of aromatic amines is 1. The van der Waals surface area contributed by atoms with Crippen LogP contribution in [0.25, 0.3) is 11.0 Å². The zero-order chi connectivity index (χ0) is 14.4. The Hall–Kier alpha value is -1.93. The normalized spacial score (nSPS) is 28.4. The molecular weight excluding hydrogens is 272 g/mol. The van der Waals surface area contributed by atoms with Crippen molar-refractivity contribution in [1.29, 1.82) is 0 Å². The summed E-state index contributed by atoms with van der Waals surface area (Å²) in [6.45, 7) is 3.94. The molecule has 2 aromatic rings. The highest BCUT2D eigenvalue weighted by molar-refractivity contribution is 5.87. The van der Waals surface area contributed by atoms with E-state index in [-0.39, 0.29) is 11.4 Å². The minimum absolute atomic E-state index is 0.0462. The van der Waals surface area contributed by atoms with Gasteiger partial charge in [-0.15, -0.1) is 0 Å². The van der Waals surface area contributed by atoms with Gasteiger partial charge in [-0.3, -0.25) is 5.10 Å². The number of hydrogen-bond acceptors (Lipinski definition) is 7. The van der Waals surface area contributed by atoms with Crippen LogP contribution >= 0.6 is 0 Å². The highest BCUT2D eigenvalue weighted by atomic mass is 16.5. The van der Waals surface area contributed by atoms with E-state index in [0.717, 1.165) is 37.5 Å². The number of H-pyrrole nitrogens is 1. The smallest absolute Gasteiger partial charge is 0.224 e. The van der Waals surface area contributed by atoms with Crippen LogP contribution in [0.1, 0.15) is 0 Å². The summed E-state index contributed by atoms with van der Waals surface area (Å²) in [5.41, 5.74) is 6.53. The van der Waals surface area contributed by atoms with Gasteiger partial charge in [0.1, 0.15) is 5.82 Å². The number of nitrogens with zero attached hydrogens (tertiary/aromatic N) is 4. The Morgan fingerprint density at radius 1 is 1.57 bits per heavy atom. The lowest BCUT2D eigenvalue weighted by atomic mass is 9.82. The Morgan fingerprint density at radius 2 is 2.48 bits per heavy atom. The number of hydrogen-bond donors (Lipinski definition) is 2. The van der Waals surface area contributed by atoms with Crippen molar-refractivity contribution in [2.75, 3.05) is 50.7 Å². The van der Waals surface area contributed by atoms with E-state index in [1.165, 1.54) is 0 Å². The third-order valence-corrected chi connectivity index (χ3v) is 4.56. The number of nitrogen functional groups attached to an aromatic ring is 1. The molecule has 8 heteroatoms. The molecule has 0 spiro atoms. The molecular formula is C13H18N6O2. The Kier molecular flexibility index (Phi) is 2.76. The fraction of sp³-hybridized carbons (Fsp3) is 0.615. The summed E-state index contributed by atoms with van der Waals surface area (Å²) in [5, 5.41) is 7.79. The number of fused-ring (bicyclic) bond motifs is 2. The van der Waals surface area contributed by atoms with Gasteiger partial charge in [0.25, 0.3) is 0 Å². The Bertz CT molecular complexity index is 674. The number of ether oxygens (including phenoxy) is 2. The van der Waals surface area contributed by atoms with Crippen molar-refractivity contribution in [3.05, 3.63) is 6.20 Å². The Morgan fingerprint density at radius 3 is 3.33 bits per heavy atom. The molecule has 0 aromatic carbocycles. The summed E-state index contributed by atoms with van der Waals surface area (Å²) in [6.07, 6.45) is 1.75. The fourth-order valence-electron chi connectivity index (χ4n) is 3.56. The molecule has 2 saturated heterocycles. The summed E-state index contributed by atoms with van der Waals surface area (Å²) >= 11 is 0. The minimum atomic E-state index is 0.0462. The van der Waals surface area contributed by atoms with Gasteiger partial charge in [-0.25, -0.2) is 0 Å². The molecule has 2 aromatic heterocycles. The number of rotatable bonds is 3. The number of anilines is 2. The SMILES string of the molecule is COC[C@@]12COC[C@@H]1CN(c1nc(N)nc3[nH]ncc13)C2. The molecule has 21 heavy (non-hydrogen) atoms. The number of methoxy groups -OCH3 is 1. The van der Waals surface area contributed by atoms with Crippen molar-refractivity contribution in [1.82, 2.24) is 20.2 Å². The third-order valence-electron chi connectivity index (χ3n) is 4.56. The Labute approximate surface area is 121 Å². The van der Waals surface area contributed by atoms with Gasteiger partial charge >= 0.3 is 0 Å². The first kappa shape index (κ1) is 12.8. The summed E-state index contributed by atoms with van der Waals surface area (Å²) in [6, 6.07) is 0. The van der Waals surface area contributed by atoms with Gasteiger partial charge in [0.2, 0.25) is 5.95 Å². The van der Waals surface area contributed by atoms with E-state index in [9.17, 15) is 0 Å².